The number of aromatic nitrogens is 4. The molecule has 122 valence electrons. The van der Waals surface area contributed by atoms with E-state index < -0.39 is 0 Å². The smallest absolute Gasteiger partial charge is 0.246 e. The van der Waals surface area contributed by atoms with E-state index in [0.29, 0.717) is 12.4 Å². The minimum Gasteiger partial charge on any atom is -0.494 e. The Balaban J connectivity index is 1.64. The van der Waals surface area contributed by atoms with E-state index in [2.05, 4.69) is 15.4 Å². The normalized spacial score (nSPS) is 14.7. The van der Waals surface area contributed by atoms with Crippen molar-refractivity contribution in [2.24, 2.45) is 0 Å². The molecule has 0 radical (unpaired) electrons. The maximum absolute atomic E-state index is 12.2. The Hall–Kier alpha value is -2.44. The molecule has 23 heavy (non-hydrogen) atoms. The predicted octanol–water partition coefficient (Wildman–Crippen LogP) is 1.75. The number of hydrogen-bond acceptors (Lipinski definition) is 5. The summed E-state index contributed by atoms with van der Waals surface area (Å²) in [6, 6.07) is 7.52. The number of hydrogen-bond donors (Lipinski definition) is 0. The van der Waals surface area contributed by atoms with Crippen molar-refractivity contribution in [1.82, 2.24) is 25.1 Å². The fraction of sp³-hybridized carbons (Fsp3) is 0.500. The lowest BCUT2D eigenvalue weighted by Gasteiger charge is -2.26. The molecule has 0 spiro atoms. The van der Waals surface area contributed by atoms with Gasteiger partial charge in [0.1, 0.15) is 12.3 Å². The molecule has 1 aromatic carbocycles. The number of tetrazole rings is 1. The molecule has 0 N–H and O–H groups in total. The predicted molar refractivity (Wildman–Crippen MR) is 84.9 cm³/mol. The van der Waals surface area contributed by atoms with E-state index in [4.69, 9.17) is 4.74 Å². The van der Waals surface area contributed by atoms with Crippen LogP contribution < -0.4 is 4.74 Å². The van der Waals surface area contributed by atoms with Gasteiger partial charge in [-0.1, -0.05) is 0 Å². The number of piperidine rings is 1. The third kappa shape index (κ3) is 3.85. The Kier molecular flexibility index (Phi) is 4.85. The summed E-state index contributed by atoms with van der Waals surface area (Å²) in [5.74, 6) is 1.38. The van der Waals surface area contributed by atoms with Crippen LogP contribution in [0.4, 0.5) is 0 Å². The molecule has 7 nitrogen and oxygen atoms in total. The highest BCUT2D eigenvalue weighted by atomic mass is 16.5. The number of rotatable bonds is 5. The third-order valence-corrected chi connectivity index (χ3v) is 3.86. The standard InChI is InChI=1S/C16H21N5O2/c1-2-23-14-8-6-13(7-9-14)16-17-19-21(18-16)12-15(22)20-10-4-3-5-11-20/h6-9H,2-5,10-12H2,1H3. The molecule has 0 atom stereocenters. The third-order valence-electron chi connectivity index (χ3n) is 3.86. The van der Waals surface area contributed by atoms with Gasteiger partial charge in [-0.2, -0.15) is 4.80 Å². The largest absolute Gasteiger partial charge is 0.494 e. The van der Waals surface area contributed by atoms with Crippen LogP contribution in [0.1, 0.15) is 26.2 Å². The summed E-state index contributed by atoms with van der Waals surface area (Å²) in [7, 11) is 0. The van der Waals surface area contributed by atoms with Gasteiger partial charge in [-0.25, -0.2) is 0 Å². The molecule has 1 aliphatic rings. The van der Waals surface area contributed by atoms with Gasteiger partial charge in [0.25, 0.3) is 0 Å². The molecule has 2 aromatic rings. The minimum absolute atomic E-state index is 0.0559. The molecule has 7 heteroatoms. The van der Waals surface area contributed by atoms with E-state index in [1.54, 1.807) is 0 Å². The molecule has 2 heterocycles. The van der Waals surface area contributed by atoms with Gasteiger partial charge in [-0.3, -0.25) is 4.79 Å². The first-order valence-corrected chi connectivity index (χ1v) is 8.05. The lowest BCUT2D eigenvalue weighted by molar-refractivity contribution is -0.133. The second kappa shape index (κ2) is 7.21. The van der Waals surface area contributed by atoms with Crippen molar-refractivity contribution in [3.05, 3.63) is 24.3 Å². The average Bonchev–Trinajstić information content (AvgIpc) is 3.05. The van der Waals surface area contributed by atoms with Crippen LogP contribution in [0.2, 0.25) is 0 Å². The van der Waals surface area contributed by atoms with Crippen LogP contribution in [-0.2, 0) is 11.3 Å². The van der Waals surface area contributed by atoms with Crippen LogP contribution in [0.25, 0.3) is 11.4 Å². The van der Waals surface area contributed by atoms with Crippen molar-refractivity contribution in [3.8, 4) is 17.1 Å². The van der Waals surface area contributed by atoms with Crippen molar-refractivity contribution in [2.45, 2.75) is 32.7 Å². The number of carbonyl (C=O) groups excluding carboxylic acids is 1. The average molecular weight is 315 g/mol. The highest BCUT2D eigenvalue weighted by Crippen LogP contribution is 2.18. The fourth-order valence-corrected chi connectivity index (χ4v) is 2.66. The Bertz CT molecular complexity index is 647. The maximum Gasteiger partial charge on any atom is 0.246 e. The molecule has 3 rings (SSSR count). The summed E-state index contributed by atoms with van der Waals surface area (Å²) in [6.07, 6.45) is 3.36. The van der Waals surface area contributed by atoms with Gasteiger partial charge in [0, 0.05) is 18.7 Å². The van der Waals surface area contributed by atoms with Crippen LogP contribution in [-0.4, -0.2) is 50.7 Å². The van der Waals surface area contributed by atoms with Crippen LogP contribution in [0.15, 0.2) is 24.3 Å². The Labute approximate surface area is 135 Å². The van der Waals surface area contributed by atoms with Gasteiger partial charge in [0.15, 0.2) is 0 Å². The number of amides is 1. The first kappa shape index (κ1) is 15.5. The first-order valence-electron chi connectivity index (χ1n) is 8.05. The maximum atomic E-state index is 12.2. The summed E-state index contributed by atoms with van der Waals surface area (Å²) < 4.78 is 5.41. The molecule has 1 aliphatic heterocycles. The van der Waals surface area contributed by atoms with E-state index >= 15 is 0 Å². The van der Waals surface area contributed by atoms with Crippen LogP contribution in [0, 0.1) is 0 Å². The summed E-state index contributed by atoms with van der Waals surface area (Å²) in [4.78, 5) is 15.5. The molecule has 0 bridgehead atoms. The summed E-state index contributed by atoms with van der Waals surface area (Å²) >= 11 is 0. The van der Waals surface area contributed by atoms with Crippen molar-refractivity contribution < 1.29 is 9.53 Å². The zero-order chi connectivity index (χ0) is 16.1. The second-order valence-electron chi connectivity index (χ2n) is 5.54. The summed E-state index contributed by atoms with van der Waals surface area (Å²) in [6.45, 7) is 4.38. The number of benzene rings is 1. The number of nitrogens with zero attached hydrogens (tertiary/aromatic N) is 5. The van der Waals surface area contributed by atoms with Crippen LogP contribution >= 0.6 is 0 Å². The highest BCUT2D eigenvalue weighted by Gasteiger charge is 2.18. The molecular weight excluding hydrogens is 294 g/mol. The van der Waals surface area contributed by atoms with Gasteiger partial charge in [-0.05, 0) is 55.7 Å². The van der Waals surface area contributed by atoms with Crippen molar-refractivity contribution >= 4 is 5.91 Å². The molecule has 1 amide bonds. The van der Waals surface area contributed by atoms with E-state index in [0.717, 1.165) is 37.2 Å². The van der Waals surface area contributed by atoms with Gasteiger partial charge >= 0.3 is 0 Å². The molecule has 1 fully saturated rings. The Morgan fingerprint density at radius 2 is 1.91 bits per heavy atom. The Morgan fingerprint density at radius 3 is 2.61 bits per heavy atom. The zero-order valence-corrected chi connectivity index (χ0v) is 13.3. The Morgan fingerprint density at radius 1 is 1.17 bits per heavy atom. The van der Waals surface area contributed by atoms with Crippen molar-refractivity contribution in [2.75, 3.05) is 19.7 Å². The van der Waals surface area contributed by atoms with E-state index in [9.17, 15) is 4.79 Å². The van der Waals surface area contributed by atoms with Gasteiger partial charge < -0.3 is 9.64 Å². The monoisotopic (exact) mass is 315 g/mol. The van der Waals surface area contributed by atoms with Crippen molar-refractivity contribution in [3.63, 3.8) is 0 Å². The molecular formula is C16H21N5O2. The van der Waals surface area contributed by atoms with Gasteiger partial charge in [0.05, 0.1) is 6.61 Å². The summed E-state index contributed by atoms with van der Waals surface area (Å²) in [5, 5.41) is 12.3. The van der Waals surface area contributed by atoms with E-state index in [1.807, 2.05) is 36.1 Å². The molecule has 1 saturated heterocycles. The first-order chi connectivity index (χ1) is 11.3. The minimum atomic E-state index is 0.0559. The zero-order valence-electron chi connectivity index (χ0n) is 13.3. The van der Waals surface area contributed by atoms with Gasteiger partial charge in [0.2, 0.25) is 11.7 Å². The van der Waals surface area contributed by atoms with Crippen LogP contribution in [0.5, 0.6) is 5.75 Å². The number of ether oxygens (including phenoxy) is 1. The van der Waals surface area contributed by atoms with Gasteiger partial charge in [-0.15, -0.1) is 10.2 Å². The highest BCUT2D eigenvalue weighted by molar-refractivity contribution is 5.75. The fourth-order valence-electron chi connectivity index (χ4n) is 2.66. The topological polar surface area (TPSA) is 73.1 Å². The quantitative estimate of drug-likeness (QED) is 0.840. The number of likely N-dealkylation sites (tertiary alicyclic amines) is 1. The van der Waals surface area contributed by atoms with Crippen molar-refractivity contribution in [1.29, 1.82) is 0 Å². The molecule has 0 aliphatic carbocycles. The summed E-state index contributed by atoms with van der Waals surface area (Å²) in [5.41, 5.74) is 0.852. The lowest BCUT2D eigenvalue weighted by Crippen LogP contribution is -2.38. The lowest BCUT2D eigenvalue weighted by atomic mass is 10.1. The van der Waals surface area contributed by atoms with E-state index in [-0.39, 0.29) is 12.5 Å². The number of carbonyl (C=O) groups is 1. The molecule has 1 aromatic heterocycles. The SMILES string of the molecule is CCOc1ccc(-c2nnn(CC(=O)N3CCCCC3)n2)cc1. The molecule has 0 saturated carbocycles. The van der Waals surface area contributed by atoms with E-state index in [1.165, 1.54) is 11.2 Å². The van der Waals surface area contributed by atoms with Crippen LogP contribution in [0.3, 0.4) is 0 Å². The second-order valence-corrected chi connectivity index (χ2v) is 5.54. The molecule has 0 unspecified atom stereocenters.